The van der Waals surface area contributed by atoms with Crippen LogP contribution < -0.4 is 0 Å². The van der Waals surface area contributed by atoms with Crippen molar-refractivity contribution in [3.63, 3.8) is 0 Å². The van der Waals surface area contributed by atoms with Crippen molar-refractivity contribution in [3.8, 4) is 67.9 Å². The molecule has 0 N–H and O–H groups in total. The van der Waals surface area contributed by atoms with Gasteiger partial charge in [-0.3, -0.25) is 19.9 Å². The quantitative estimate of drug-likeness (QED) is 0.166. The van der Waals surface area contributed by atoms with Gasteiger partial charge < -0.3 is 0 Å². The van der Waals surface area contributed by atoms with Crippen LogP contribution in [-0.4, -0.2) is 60.0 Å². The van der Waals surface area contributed by atoms with Crippen LogP contribution in [0.3, 0.4) is 0 Å². The van der Waals surface area contributed by atoms with Crippen LogP contribution in [0, 0.1) is 0 Å². The van der Waals surface area contributed by atoms with Gasteiger partial charge in [-0.15, -0.1) is 0 Å². The Labute approximate surface area is 306 Å². The Morgan fingerprint density at radius 2 is 1.19 bits per heavy atom. The molecule has 0 saturated heterocycles. The average molecular weight is 697 g/mol. The monoisotopic (exact) mass is 696 g/mol. The van der Waals surface area contributed by atoms with Gasteiger partial charge in [-0.05, 0) is 54.6 Å². The van der Waals surface area contributed by atoms with Gasteiger partial charge in [0.1, 0.15) is 11.4 Å². The van der Waals surface area contributed by atoms with Crippen molar-refractivity contribution < 1.29 is 0 Å². The van der Waals surface area contributed by atoms with Gasteiger partial charge in [0.05, 0.1) is 57.1 Å². The van der Waals surface area contributed by atoms with Crippen LogP contribution >= 0.6 is 0 Å². The first-order valence-corrected chi connectivity index (χ1v) is 17.0. The molecule has 10 aromatic rings. The smallest absolute Gasteiger partial charge is 0.162 e. The SMILES string of the molecule is c1ccc(-c2cc3nc(-c4cnc5ccccc5n4)c(-c4ncc5ccccc5n4)c(-c4cccnn4)c3c(-c3ncccn3)c2-c2cnccn2)nc1. The highest BCUT2D eigenvalue weighted by Gasteiger charge is 2.30. The number of benzene rings is 3. The summed E-state index contributed by atoms with van der Waals surface area (Å²) >= 11 is 0. The maximum Gasteiger partial charge on any atom is 0.162 e. The first kappa shape index (κ1) is 30.9. The van der Waals surface area contributed by atoms with Crippen LogP contribution in [0.5, 0.6) is 0 Å². The molecular formula is C42H24N12. The molecule has 0 amide bonds. The minimum Gasteiger partial charge on any atom is -0.261 e. The van der Waals surface area contributed by atoms with E-state index in [4.69, 9.17) is 50.0 Å². The average Bonchev–Trinajstić information content (AvgIpc) is 3.26. The summed E-state index contributed by atoms with van der Waals surface area (Å²) in [6.07, 6.45) is 15.4. The summed E-state index contributed by atoms with van der Waals surface area (Å²) in [5.41, 5.74) is 9.11. The zero-order chi connectivity index (χ0) is 35.8. The molecule has 0 saturated carbocycles. The van der Waals surface area contributed by atoms with Gasteiger partial charge in [-0.1, -0.05) is 36.4 Å². The van der Waals surface area contributed by atoms with E-state index in [0.29, 0.717) is 73.2 Å². The summed E-state index contributed by atoms with van der Waals surface area (Å²) in [4.78, 5) is 49.1. The van der Waals surface area contributed by atoms with E-state index >= 15 is 0 Å². The van der Waals surface area contributed by atoms with Crippen LogP contribution in [0.15, 0.2) is 147 Å². The van der Waals surface area contributed by atoms with E-state index in [2.05, 4.69) is 10.1 Å². The molecular weight excluding hydrogens is 673 g/mol. The molecule has 0 atom stereocenters. The highest BCUT2D eigenvalue weighted by atomic mass is 15.1. The highest BCUT2D eigenvalue weighted by Crippen LogP contribution is 2.49. The lowest BCUT2D eigenvalue weighted by molar-refractivity contribution is 1.04. The Balaban J connectivity index is 1.46. The van der Waals surface area contributed by atoms with E-state index in [9.17, 15) is 0 Å². The number of pyridine rings is 2. The van der Waals surface area contributed by atoms with Gasteiger partial charge in [-0.2, -0.15) is 10.2 Å². The van der Waals surface area contributed by atoms with Crippen LogP contribution in [0.1, 0.15) is 0 Å². The van der Waals surface area contributed by atoms with Gasteiger partial charge in [-0.25, -0.2) is 29.9 Å². The largest absolute Gasteiger partial charge is 0.261 e. The van der Waals surface area contributed by atoms with E-state index in [1.165, 1.54) is 0 Å². The molecule has 0 radical (unpaired) electrons. The number of aromatic nitrogens is 12. The molecule has 0 fully saturated rings. The zero-order valence-electron chi connectivity index (χ0n) is 28.2. The topological polar surface area (TPSA) is 155 Å². The fraction of sp³-hybridized carbons (Fsp3) is 0. The number of hydrogen-bond acceptors (Lipinski definition) is 12. The summed E-state index contributed by atoms with van der Waals surface area (Å²) in [6, 6.07) is 28.9. The second-order valence-corrected chi connectivity index (χ2v) is 12.3. The minimum absolute atomic E-state index is 0.420. The van der Waals surface area contributed by atoms with Crippen LogP contribution in [0.25, 0.3) is 101 Å². The van der Waals surface area contributed by atoms with E-state index < -0.39 is 0 Å². The lowest BCUT2D eigenvalue weighted by Gasteiger charge is -2.22. The van der Waals surface area contributed by atoms with Crippen molar-refractivity contribution in [1.82, 2.24) is 60.0 Å². The fourth-order valence-electron chi connectivity index (χ4n) is 6.76. The van der Waals surface area contributed by atoms with E-state index in [0.717, 1.165) is 27.5 Å². The second-order valence-electron chi connectivity index (χ2n) is 12.3. The lowest BCUT2D eigenvalue weighted by atomic mass is 9.86. The van der Waals surface area contributed by atoms with Gasteiger partial charge in [0, 0.05) is 76.4 Å². The Morgan fingerprint density at radius 1 is 0.389 bits per heavy atom. The molecule has 0 spiro atoms. The number of para-hydroxylation sites is 3. The predicted octanol–water partition coefficient (Wildman–Crippen LogP) is 7.89. The van der Waals surface area contributed by atoms with Gasteiger partial charge in [0.2, 0.25) is 0 Å². The van der Waals surface area contributed by atoms with Gasteiger partial charge in [0.15, 0.2) is 11.6 Å². The Bertz CT molecular complexity index is 2980. The first-order chi connectivity index (χ1) is 26.8. The Kier molecular flexibility index (Phi) is 7.46. The summed E-state index contributed by atoms with van der Waals surface area (Å²) < 4.78 is 0. The van der Waals surface area contributed by atoms with Crippen molar-refractivity contribution in [2.75, 3.05) is 0 Å². The molecule has 12 nitrogen and oxygen atoms in total. The summed E-state index contributed by atoms with van der Waals surface area (Å²) in [6.45, 7) is 0. The lowest BCUT2D eigenvalue weighted by Crippen LogP contribution is -2.05. The molecule has 0 aliphatic carbocycles. The normalized spacial score (nSPS) is 11.3. The van der Waals surface area contributed by atoms with E-state index in [1.807, 2.05) is 91.1 Å². The second kappa shape index (κ2) is 13.0. The van der Waals surface area contributed by atoms with Crippen molar-refractivity contribution >= 4 is 32.8 Å². The first-order valence-electron chi connectivity index (χ1n) is 17.0. The number of fused-ring (bicyclic) bond motifs is 3. The molecule has 54 heavy (non-hydrogen) atoms. The molecule has 3 aromatic carbocycles. The van der Waals surface area contributed by atoms with Crippen molar-refractivity contribution in [1.29, 1.82) is 0 Å². The molecule has 7 heterocycles. The van der Waals surface area contributed by atoms with Crippen LogP contribution in [0.2, 0.25) is 0 Å². The Hall–Kier alpha value is -7.86. The van der Waals surface area contributed by atoms with Crippen molar-refractivity contribution in [3.05, 3.63) is 147 Å². The molecule has 0 unspecified atom stereocenters. The maximum atomic E-state index is 5.45. The maximum absolute atomic E-state index is 5.45. The minimum atomic E-state index is 0.420. The number of hydrogen-bond donors (Lipinski definition) is 0. The molecule has 0 aliphatic rings. The van der Waals surface area contributed by atoms with Gasteiger partial charge >= 0.3 is 0 Å². The van der Waals surface area contributed by atoms with Crippen molar-refractivity contribution in [2.45, 2.75) is 0 Å². The van der Waals surface area contributed by atoms with E-state index in [1.54, 1.807) is 55.6 Å². The Morgan fingerprint density at radius 3 is 2.00 bits per heavy atom. The third kappa shape index (κ3) is 5.33. The standard InChI is InChI=1S/C42H24N12/c1-2-10-27-25(9-1)22-49-42(53-27)39-36(31-14-7-18-50-54-31)37-32(52-40(39)34-24-48-29-12-3-4-13-30(29)51-34)21-26(28-11-5-6-15-44-28)35(33-23-43-19-20-45-33)38(37)41-46-16-8-17-47-41/h1-24H. The van der Waals surface area contributed by atoms with Crippen LogP contribution in [0.4, 0.5) is 0 Å². The number of nitrogens with zero attached hydrogens (tertiary/aromatic N) is 12. The summed E-state index contributed by atoms with van der Waals surface area (Å²) in [7, 11) is 0. The highest BCUT2D eigenvalue weighted by molar-refractivity contribution is 6.16. The van der Waals surface area contributed by atoms with Crippen LogP contribution in [-0.2, 0) is 0 Å². The molecule has 12 heteroatoms. The van der Waals surface area contributed by atoms with E-state index in [-0.39, 0.29) is 0 Å². The fourth-order valence-corrected chi connectivity index (χ4v) is 6.76. The third-order valence-electron chi connectivity index (χ3n) is 9.06. The van der Waals surface area contributed by atoms with Crippen molar-refractivity contribution in [2.24, 2.45) is 0 Å². The summed E-state index contributed by atoms with van der Waals surface area (Å²) in [5, 5.41) is 10.6. The number of rotatable bonds is 6. The molecule has 252 valence electrons. The zero-order valence-corrected chi connectivity index (χ0v) is 28.2. The summed E-state index contributed by atoms with van der Waals surface area (Å²) in [5.74, 6) is 0.861. The molecule has 0 bridgehead atoms. The molecule has 0 aliphatic heterocycles. The third-order valence-corrected chi connectivity index (χ3v) is 9.06. The predicted molar refractivity (Wildman–Crippen MR) is 205 cm³/mol. The molecule has 7 aromatic heterocycles. The molecule has 10 rings (SSSR count). The van der Waals surface area contributed by atoms with Gasteiger partial charge in [0.25, 0.3) is 0 Å².